The predicted octanol–water partition coefficient (Wildman–Crippen LogP) is 24.3. The minimum atomic E-state index is -0.663. The molecule has 2 atom stereocenters. The van der Waals surface area contributed by atoms with E-state index >= 15 is 0 Å². The largest absolute Gasteiger partial charge is 0.466 e. The van der Waals surface area contributed by atoms with Crippen LogP contribution in [0.4, 0.5) is 0 Å². The van der Waals surface area contributed by atoms with Crippen LogP contribution in [0.15, 0.2) is 12.2 Å². The van der Waals surface area contributed by atoms with Crippen molar-refractivity contribution in [2.24, 2.45) is 0 Å². The highest BCUT2D eigenvalue weighted by Crippen LogP contribution is 2.20. The van der Waals surface area contributed by atoms with Crippen molar-refractivity contribution in [2.45, 2.75) is 443 Å². The van der Waals surface area contributed by atoms with Crippen LogP contribution in [-0.4, -0.2) is 47.4 Å². The molecule has 81 heavy (non-hydrogen) atoms. The SMILES string of the molecule is CCCCCCCC/C=C\CCCCCCCCCCCC(=O)OCCCCCCCCCCCCCCCCCCCCCCCCCCCCC(=O)NC(CO)C(O)CCCCCCCCCCCCCCCCCCCCC. The van der Waals surface area contributed by atoms with Crippen LogP contribution in [0.5, 0.6) is 0 Å². The Morgan fingerprint density at radius 3 is 0.877 bits per heavy atom. The van der Waals surface area contributed by atoms with Gasteiger partial charge in [0.05, 0.1) is 25.4 Å². The normalized spacial score (nSPS) is 12.5. The Morgan fingerprint density at radius 1 is 0.333 bits per heavy atom. The number of unbranched alkanes of at least 4 members (excludes halogenated alkanes) is 58. The van der Waals surface area contributed by atoms with Gasteiger partial charge >= 0.3 is 5.97 Å². The Bertz CT molecular complexity index is 1220. The van der Waals surface area contributed by atoms with Crippen LogP contribution in [0.25, 0.3) is 0 Å². The third kappa shape index (κ3) is 67.6. The number of aliphatic hydroxyl groups excluding tert-OH is 2. The molecule has 0 saturated heterocycles. The molecule has 0 rings (SSSR count). The smallest absolute Gasteiger partial charge is 0.305 e. The summed E-state index contributed by atoms with van der Waals surface area (Å²) in [6.07, 6.45) is 88.5. The van der Waals surface area contributed by atoms with Gasteiger partial charge in [-0.25, -0.2) is 0 Å². The van der Waals surface area contributed by atoms with Crippen molar-refractivity contribution in [3.63, 3.8) is 0 Å². The summed E-state index contributed by atoms with van der Waals surface area (Å²) in [7, 11) is 0. The minimum Gasteiger partial charge on any atom is -0.466 e. The summed E-state index contributed by atoms with van der Waals surface area (Å²) in [5.41, 5.74) is 0. The molecule has 6 nitrogen and oxygen atoms in total. The van der Waals surface area contributed by atoms with Crippen molar-refractivity contribution in [2.75, 3.05) is 13.2 Å². The predicted molar refractivity (Wildman–Crippen MR) is 357 cm³/mol. The first kappa shape index (κ1) is 79.6. The van der Waals surface area contributed by atoms with E-state index in [0.29, 0.717) is 25.9 Å². The van der Waals surface area contributed by atoms with Crippen molar-refractivity contribution in [3.05, 3.63) is 12.2 Å². The highest BCUT2D eigenvalue weighted by Gasteiger charge is 2.20. The lowest BCUT2D eigenvalue weighted by atomic mass is 10.0. The molecule has 0 heterocycles. The van der Waals surface area contributed by atoms with Crippen LogP contribution >= 0.6 is 0 Å². The molecule has 0 saturated carbocycles. The Hall–Kier alpha value is -1.40. The summed E-state index contributed by atoms with van der Waals surface area (Å²) < 4.78 is 5.51. The fourth-order valence-corrected chi connectivity index (χ4v) is 12.1. The number of amides is 1. The quantitative estimate of drug-likeness (QED) is 0.0320. The molecule has 482 valence electrons. The molecule has 1 amide bonds. The second-order valence-electron chi connectivity index (χ2n) is 26.0. The molecule has 0 aromatic carbocycles. The van der Waals surface area contributed by atoms with Crippen LogP contribution in [0, 0.1) is 0 Å². The van der Waals surface area contributed by atoms with Gasteiger partial charge in [0.15, 0.2) is 0 Å². The average molecular weight is 1140 g/mol. The first-order valence-electron chi connectivity index (χ1n) is 37.4. The van der Waals surface area contributed by atoms with Crippen LogP contribution in [0.3, 0.4) is 0 Å². The number of carbonyl (C=O) groups excluding carboxylic acids is 2. The van der Waals surface area contributed by atoms with Crippen molar-refractivity contribution in [1.82, 2.24) is 5.32 Å². The molecule has 0 aliphatic rings. The number of allylic oxidation sites excluding steroid dienone is 2. The van der Waals surface area contributed by atoms with E-state index in [1.54, 1.807) is 0 Å². The van der Waals surface area contributed by atoms with Gasteiger partial charge in [0.25, 0.3) is 0 Å². The Kier molecular flexibility index (Phi) is 69.9. The topological polar surface area (TPSA) is 95.9 Å². The third-order valence-corrected chi connectivity index (χ3v) is 17.8. The van der Waals surface area contributed by atoms with Gasteiger partial charge in [-0.1, -0.05) is 379 Å². The molecule has 0 aromatic heterocycles. The monoisotopic (exact) mass is 1140 g/mol. The number of ether oxygens (including phenoxy) is 1. The standard InChI is InChI=1S/C75H147NO5/c1-3-5-7-9-11-13-15-17-19-21-31-35-39-43-47-51-55-59-63-67-73(78)72(71-77)76-74(79)68-64-60-56-52-48-44-40-36-33-29-27-25-23-24-26-28-30-34-38-42-46-50-54-58-62-66-70-81-75(80)69-65-61-57-53-49-45-41-37-32-22-20-18-16-14-12-10-8-6-4-2/h18,20,72-73,77-78H,3-17,19,21-71H2,1-2H3,(H,76,79)/b20-18-. The zero-order valence-corrected chi connectivity index (χ0v) is 55.3. The maximum Gasteiger partial charge on any atom is 0.305 e. The van der Waals surface area contributed by atoms with Crippen LogP contribution in [-0.2, 0) is 14.3 Å². The summed E-state index contributed by atoms with van der Waals surface area (Å²) >= 11 is 0. The second kappa shape index (κ2) is 71.1. The van der Waals surface area contributed by atoms with Crippen LogP contribution < -0.4 is 5.32 Å². The zero-order chi connectivity index (χ0) is 58.5. The molecule has 0 aliphatic carbocycles. The van der Waals surface area contributed by atoms with E-state index in [1.807, 2.05) is 0 Å². The van der Waals surface area contributed by atoms with E-state index in [9.17, 15) is 19.8 Å². The second-order valence-corrected chi connectivity index (χ2v) is 26.0. The summed E-state index contributed by atoms with van der Waals surface area (Å²) in [5.74, 6) is -0.00963. The van der Waals surface area contributed by atoms with Crippen LogP contribution in [0.2, 0.25) is 0 Å². The lowest BCUT2D eigenvalue weighted by molar-refractivity contribution is -0.143. The van der Waals surface area contributed by atoms with Crippen molar-refractivity contribution in [1.29, 1.82) is 0 Å². The highest BCUT2D eigenvalue weighted by atomic mass is 16.5. The lowest BCUT2D eigenvalue weighted by Gasteiger charge is -2.22. The molecular formula is C75H147NO5. The molecule has 3 N–H and O–H groups in total. The fraction of sp³-hybridized carbons (Fsp3) is 0.947. The van der Waals surface area contributed by atoms with Crippen molar-refractivity contribution >= 4 is 11.9 Å². The molecule has 2 unspecified atom stereocenters. The van der Waals surface area contributed by atoms with E-state index in [0.717, 1.165) is 38.5 Å². The number of nitrogens with one attached hydrogen (secondary N) is 1. The third-order valence-electron chi connectivity index (χ3n) is 17.8. The van der Waals surface area contributed by atoms with E-state index < -0.39 is 12.1 Å². The molecule has 0 aromatic rings. The summed E-state index contributed by atoms with van der Waals surface area (Å²) in [5, 5.41) is 23.4. The fourth-order valence-electron chi connectivity index (χ4n) is 12.1. The first-order valence-corrected chi connectivity index (χ1v) is 37.4. The van der Waals surface area contributed by atoms with Gasteiger partial charge in [-0.05, 0) is 51.4 Å². The van der Waals surface area contributed by atoms with Gasteiger partial charge in [0, 0.05) is 12.8 Å². The summed E-state index contributed by atoms with van der Waals surface area (Å²) in [6.45, 7) is 5.00. The number of esters is 1. The lowest BCUT2D eigenvalue weighted by Crippen LogP contribution is -2.45. The molecular weight excluding hydrogens is 995 g/mol. The maximum atomic E-state index is 12.5. The number of rotatable bonds is 71. The Labute approximate surface area is 508 Å². The molecule has 0 spiro atoms. The Balaban J connectivity index is 3.34. The number of hydrogen-bond acceptors (Lipinski definition) is 5. The average Bonchev–Trinajstić information content (AvgIpc) is 3.47. The van der Waals surface area contributed by atoms with Gasteiger partial charge in [-0.2, -0.15) is 0 Å². The van der Waals surface area contributed by atoms with Gasteiger partial charge in [0.1, 0.15) is 0 Å². The Morgan fingerprint density at radius 2 is 0.580 bits per heavy atom. The van der Waals surface area contributed by atoms with Gasteiger partial charge in [0.2, 0.25) is 5.91 Å². The molecule has 0 fully saturated rings. The van der Waals surface area contributed by atoms with Crippen LogP contribution in [0.1, 0.15) is 431 Å². The summed E-state index contributed by atoms with van der Waals surface area (Å²) in [4.78, 5) is 24.7. The summed E-state index contributed by atoms with van der Waals surface area (Å²) in [6, 6.07) is -0.540. The van der Waals surface area contributed by atoms with E-state index in [-0.39, 0.29) is 18.5 Å². The molecule has 0 aliphatic heterocycles. The van der Waals surface area contributed by atoms with Crippen molar-refractivity contribution in [3.8, 4) is 0 Å². The van der Waals surface area contributed by atoms with Crippen molar-refractivity contribution < 1.29 is 24.5 Å². The molecule has 0 radical (unpaired) electrons. The molecule has 0 bridgehead atoms. The minimum absolute atomic E-state index is 0.0182. The molecule has 6 heteroatoms. The van der Waals surface area contributed by atoms with Gasteiger partial charge < -0.3 is 20.3 Å². The van der Waals surface area contributed by atoms with Gasteiger partial charge in [-0.3, -0.25) is 9.59 Å². The highest BCUT2D eigenvalue weighted by molar-refractivity contribution is 5.76. The number of carbonyl (C=O) groups is 2. The number of aliphatic hydroxyl groups is 2. The van der Waals surface area contributed by atoms with E-state index in [1.165, 1.54) is 360 Å². The first-order chi connectivity index (χ1) is 40.0. The van der Waals surface area contributed by atoms with E-state index in [2.05, 4.69) is 31.3 Å². The van der Waals surface area contributed by atoms with Gasteiger partial charge in [-0.15, -0.1) is 0 Å². The van der Waals surface area contributed by atoms with E-state index in [4.69, 9.17) is 4.74 Å². The zero-order valence-electron chi connectivity index (χ0n) is 55.3. The maximum absolute atomic E-state index is 12.5. The number of hydrogen-bond donors (Lipinski definition) is 3.